The van der Waals surface area contributed by atoms with Gasteiger partial charge in [0.15, 0.2) is 5.96 Å². The first kappa shape index (κ1) is 18.0. The van der Waals surface area contributed by atoms with Gasteiger partial charge in [-0.05, 0) is 24.3 Å². The van der Waals surface area contributed by atoms with E-state index in [1.165, 1.54) is 6.07 Å². The molecule has 0 aliphatic rings. The van der Waals surface area contributed by atoms with E-state index in [4.69, 9.17) is 6.42 Å². The highest BCUT2D eigenvalue weighted by atomic mass is 19.1. The van der Waals surface area contributed by atoms with E-state index in [9.17, 15) is 9.18 Å². The van der Waals surface area contributed by atoms with E-state index >= 15 is 0 Å². The smallest absolute Gasteiger partial charge is 0.243 e. The molecule has 2 rings (SSSR count). The Kier molecular flexibility index (Phi) is 6.55. The molecule has 6 heteroatoms. The Balaban J connectivity index is 1.83. The van der Waals surface area contributed by atoms with Crippen molar-refractivity contribution in [2.24, 2.45) is 4.99 Å². The average molecular weight is 338 g/mol. The number of guanidine groups is 1. The number of terminal acetylenes is 1. The Bertz CT molecular complexity index is 811. The molecule has 0 bridgehead atoms. The lowest BCUT2D eigenvalue weighted by Gasteiger charge is -2.12. The van der Waals surface area contributed by atoms with E-state index in [2.05, 4.69) is 26.9 Å². The summed E-state index contributed by atoms with van der Waals surface area (Å²) < 4.78 is 13.6. The molecule has 0 radical (unpaired) electrons. The highest BCUT2D eigenvalue weighted by Crippen LogP contribution is 2.09. The fourth-order valence-electron chi connectivity index (χ4n) is 2.10. The van der Waals surface area contributed by atoms with Gasteiger partial charge in [0.1, 0.15) is 5.82 Å². The number of halogens is 1. The Hall–Kier alpha value is -3.33. The van der Waals surface area contributed by atoms with Crippen LogP contribution in [0.15, 0.2) is 53.5 Å². The van der Waals surface area contributed by atoms with Gasteiger partial charge in [0.25, 0.3) is 0 Å². The summed E-state index contributed by atoms with van der Waals surface area (Å²) >= 11 is 0. The van der Waals surface area contributed by atoms with Gasteiger partial charge in [0, 0.05) is 30.4 Å². The molecule has 2 aromatic rings. The number of hydrogen-bond donors (Lipinski definition) is 3. The summed E-state index contributed by atoms with van der Waals surface area (Å²) in [5.41, 5.74) is 1.82. The Labute approximate surface area is 146 Å². The van der Waals surface area contributed by atoms with Gasteiger partial charge in [-0.25, -0.2) is 4.39 Å². The minimum atomic E-state index is -0.295. The molecule has 5 nitrogen and oxygen atoms in total. The molecule has 0 saturated carbocycles. The third-order valence-electron chi connectivity index (χ3n) is 3.36. The summed E-state index contributed by atoms with van der Waals surface area (Å²) in [7, 11) is 1.57. The lowest BCUT2D eigenvalue weighted by Crippen LogP contribution is -2.41. The predicted molar refractivity (Wildman–Crippen MR) is 97.6 cm³/mol. The first-order valence-corrected chi connectivity index (χ1v) is 7.67. The van der Waals surface area contributed by atoms with Gasteiger partial charge in [-0.2, -0.15) is 0 Å². The zero-order chi connectivity index (χ0) is 18.1. The fraction of sp³-hybridized carbons (Fsp3) is 0.158. The van der Waals surface area contributed by atoms with Crippen LogP contribution in [0, 0.1) is 18.2 Å². The van der Waals surface area contributed by atoms with Crippen molar-refractivity contribution in [2.75, 3.05) is 18.9 Å². The highest BCUT2D eigenvalue weighted by Gasteiger charge is 2.06. The SMILES string of the molecule is C#Cc1cccc(NC(=O)CNC(=NC)NCc2ccccc2F)c1. The number of nitrogens with one attached hydrogen (secondary N) is 3. The number of carbonyl (C=O) groups is 1. The molecule has 2 aromatic carbocycles. The van der Waals surface area contributed by atoms with Crippen LogP contribution in [0.3, 0.4) is 0 Å². The number of benzene rings is 2. The second-order valence-electron chi connectivity index (χ2n) is 5.14. The number of rotatable bonds is 5. The van der Waals surface area contributed by atoms with Crippen LogP contribution < -0.4 is 16.0 Å². The number of amides is 1. The van der Waals surface area contributed by atoms with E-state index in [0.29, 0.717) is 22.8 Å². The molecular formula is C19H19FN4O. The standard InChI is InChI=1S/C19H19FN4O/c1-3-14-7-6-9-16(11-14)24-18(25)13-23-19(21-2)22-12-15-8-4-5-10-17(15)20/h1,4-11H,12-13H2,2H3,(H,24,25)(H2,21,22,23). The summed E-state index contributed by atoms with van der Waals surface area (Å²) in [4.78, 5) is 16.0. The van der Waals surface area contributed by atoms with Crippen molar-refractivity contribution < 1.29 is 9.18 Å². The van der Waals surface area contributed by atoms with E-state index in [0.717, 1.165) is 0 Å². The minimum absolute atomic E-state index is 0.0111. The molecule has 0 unspecified atom stereocenters. The maximum atomic E-state index is 13.6. The van der Waals surface area contributed by atoms with Crippen molar-refractivity contribution in [1.29, 1.82) is 0 Å². The van der Waals surface area contributed by atoms with Crippen LogP contribution in [0.4, 0.5) is 10.1 Å². The maximum absolute atomic E-state index is 13.6. The number of nitrogens with zero attached hydrogens (tertiary/aromatic N) is 1. The minimum Gasteiger partial charge on any atom is -0.352 e. The monoisotopic (exact) mass is 338 g/mol. The largest absolute Gasteiger partial charge is 0.352 e. The van der Waals surface area contributed by atoms with Crippen LogP contribution >= 0.6 is 0 Å². The first-order valence-electron chi connectivity index (χ1n) is 7.67. The molecule has 0 atom stereocenters. The van der Waals surface area contributed by atoms with E-state index in [-0.39, 0.29) is 24.8 Å². The van der Waals surface area contributed by atoms with Gasteiger partial charge < -0.3 is 16.0 Å². The fourth-order valence-corrected chi connectivity index (χ4v) is 2.10. The summed E-state index contributed by atoms with van der Waals surface area (Å²) in [6, 6.07) is 13.5. The second kappa shape index (κ2) is 9.08. The summed E-state index contributed by atoms with van der Waals surface area (Å²) in [6.07, 6.45) is 5.33. The van der Waals surface area contributed by atoms with Crippen molar-refractivity contribution in [3.63, 3.8) is 0 Å². The van der Waals surface area contributed by atoms with Gasteiger partial charge >= 0.3 is 0 Å². The normalized spacial score (nSPS) is 10.7. The molecule has 0 spiro atoms. The van der Waals surface area contributed by atoms with E-state index < -0.39 is 0 Å². The van der Waals surface area contributed by atoms with Gasteiger partial charge in [0.05, 0.1) is 6.54 Å². The molecule has 0 fully saturated rings. The molecule has 3 N–H and O–H groups in total. The summed E-state index contributed by atoms with van der Waals surface area (Å²) in [5, 5.41) is 8.57. The Morgan fingerprint density at radius 1 is 1.20 bits per heavy atom. The molecule has 0 aliphatic carbocycles. The van der Waals surface area contributed by atoms with Gasteiger partial charge in [-0.1, -0.05) is 30.2 Å². The quantitative estimate of drug-likeness (QED) is 0.444. The number of carbonyl (C=O) groups excluding carboxylic acids is 1. The zero-order valence-corrected chi connectivity index (χ0v) is 13.8. The van der Waals surface area contributed by atoms with Gasteiger partial charge in [0.2, 0.25) is 5.91 Å². The van der Waals surface area contributed by atoms with Crippen LogP contribution in [-0.2, 0) is 11.3 Å². The number of anilines is 1. The lowest BCUT2D eigenvalue weighted by atomic mass is 10.2. The molecule has 0 heterocycles. The van der Waals surface area contributed by atoms with Crippen molar-refractivity contribution in [1.82, 2.24) is 10.6 Å². The third kappa shape index (κ3) is 5.66. The molecule has 0 saturated heterocycles. The van der Waals surface area contributed by atoms with Crippen LogP contribution in [0.5, 0.6) is 0 Å². The Morgan fingerprint density at radius 3 is 2.72 bits per heavy atom. The second-order valence-corrected chi connectivity index (χ2v) is 5.14. The Morgan fingerprint density at radius 2 is 2.00 bits per heavy atom. The molecule has 1 amide bonds. The van der Waals surface area contributed by atoms with Crippen LogP contribution in [-0.4, -0.2) is 25.5 Å². The van der Waals surface area contributed by atoms with Crippen LogP contribution in [0.2, 0.25) is 0 Å². The molecular weight excluding hydrogens is 319 g/mol. The van der Waals surface area contributed by atoms with Crippen molar-refractivity contribution in [2.45, 2.75) is 6.54 Å². The van der Waals surface area contributed by atoms with Crippen molar-refractivity contribution >= 4 is 17.6 Å². The van der Waals surface area contributed by atoms with Crippen LogP contribution in [0.1, 0.15) is 11.1 Å². The number of aliphatic imine (C=N–C) groups is 1. The number of hydrogen-bond acceptors (Lipinski definition) is 2. The molecule has 0 aliphatic heterocycles. The van der Waals surface area contributed by atoms with Gasteiger partial charge in [-0.3, -0.25) is 9.79 Å². The topological polar surface area (TPSA) is 65.5 Å². The summed E-state index contributed by atoms with van der Waals surface area (Å²) in [6.45, 7) is 0.273. The van der Waals surface area contributed by atoms with Crippen molar-refractivity contribution in [3.05, 3.63) is 65.5 Å². The van der Waals surface area contributed by atoms with Crippen molar-refractivity contribution in [3.8, 4) is 12.3 Å². The van der Waals surface area contributed by atoms with E-state index in [1.807, 2.05) is 0 Å². The maximum Gasteiger partial charge on any atom is 0.243 e. The first-order chi connectivity index (χ1) is 12.1. The average Bonchev–Trinajstić information content (AvgIpc) is 2.63. The zero-order valence-electron chi connectivity index (χ0n) is 13.8. The molecule has 128 valence electrons. The summed E-state index contributed by atoms with van der Waals surface area (Å²) in [5.74, 6) is 2.37. The third-order valence-corrected chi connectivity index (χ3v) is 3.36. The van der Waals surface area contributed by atoms with E-state index in [1.54, 1.807) is 49.5 Å². The molecule has 25 heavy (non-hydrogen) atoms. The van der Waals surface area contributed by atoms with Crippen LogP contribution in [0.25, 0.3) is 0 Å². The lowest BCUT2D eigenvalue weighted by molar-refractivity contribution is -0.115. The highest BCUT2D eigenvalue weighted by molar-refractivity contribution is 5.95. The predicted octanol–water partition coefficient (Wildman–Crippen LogP) is 2.11. The molecule has 0 aromatic heterocycles. The van der Waals surface area contributed by atoms with Gasteiger partial charge in [-0.15, -0.1) is 6.42 Å².